The Morgan fingerprint density at radius 3 is 2.29 bits per heavy atom. The molecule has 21 heavy (non-hydrogen) atoms. The van der Waals surface area contributed by atoms with Gasteiger partial charge in [0.15, 0.2) is 11.5 Å². The molecule has 1 aromatic carbocycles. The summed E-state index contributed by atoms with van der Waals surface area (Å²) < 4.78 is 14.9. The second-order valence-electron chi connectivity index (χ2n) is 4.11. The van der Waals surface area contributed by atoms with E-state index in [-0.39, 0.29) is 18.4 Å². The zero-order valence-corrected chi connectivity index (χ0v) is 12.4. The van der Waals surface area contributed by atoms with E-state index in [9.17, 15) is 9.59 Å². The van der Waals surface area contributed by atoms with E-state index in [1.165, 1.54) is 21.3 Å². The molecule has 0 aliphatic carbocycles. The molecule has 0 saturated carbocycles. The van der Waals surface area contributed by atoms with E-state index in [0.717, 1.165) is 0 Å². The van der Waals surface area contributed by atoms with Crippen molar-refractivity contribution in [1.82, 2.24) is 10.6 Å². The molecule has 0 spiro atoms. The standard InChI is InChI=1S/C14H20N2O5/c1-19-9-13(17)15-6-7-16-14(18)10-4-5-11(20-2)12(8-10)21-3/h4-5,8H,6-7,9H2,1-3H3,(H,15,17)(H,16,18). The first-order valence-electron chi connectivity index (χ1n) is 6.38. The van der Waals surface area contributed by atoms with Crippen LogP contribution in [0, 0.1) is 0 Å². The van der Waals surface area contributed by atoms with Crippen LogP contribution < -0.4 is 20.1 Å². The van der Waals surface area contributed by atoms with Crippen LogP contribution >= 0.6 is 0 Å². The maximum Gasteiger partial charge on any atom is 0.251 e. The van der Waals surface area contributed by atoms with Gasteiger partial charge in [-0.3, -0.25) is 9.59 Å². The second-order valence-corrected chi connectivity index (χ2v) is 4.11. The average Bonchev–Trinajstić information content (AvgIpc) is 2.50. The summed E-state index contributed by atoms with van der Waals surface area (Å²) in [6, 6.07) is 4.89. The number of carbonyl (C=O) groups is 2. The third-order valence-corrected chi connectivity index (χ3v) is 2.65. The van der Waals surface area contributed by atoms with Crippen LogP contribution in [-0.4, -0.2) is 52.8 Å². The van der Waals surface area contributed by atoms with Gasteiger partial charge < -0.3 is 24.8 Å². The highest BCUT2D eigenvalue weighted by Crippen LogP contribution is 2.27. The normalized spacial score (nSPS) is 9.86. The molecule has 0 aliphatic rings. The van der Waals surface area contributed by atoms with Gasteiger partial charge in [-0.05, 0) is 18.2 Å². The van der Waals surface area contributed by atoms with Crippen LogP contribution in [0.5, 0.6) is 11.5 Å². The van der Waals surface area contributed by atoms with Crippen LogP contribution in [0.1, 0.15) is 10.4 Å². The molecule has 0 fully saturated rings. The predicted octanol–water partition coefficient (Wildman–Crippen LogP) is 0.196. The van der Waals surface area contributed by atoms with Crippen LogP contribution in [-0.2, 0) is 9.53 Å². The molecule has 7 heteroatoms. The Labute approximate surface area is 123 Å². The third-order valence-electron chi connectivity index (χ3n) is 2.65. The lowest BCUT2D eigenvalue weighted by Gasteiger charge is -2.10. The maximum atomic E-state index is 11.9. The summed E-state index contributed by atoms with van der Waals surface area (Å²) in [6.07, 6.45) is 0. The lowest BCUT2D eigenvalue weighted by Crippen LogP contribution is -2.36. The number of hydrogen-bond donors (Lipinski definition) is 2. The number of benzene rings is 1. The average molecular weight is 296 g/mol. The Hall–Kier alpha value is -2.28. The number of ether oxygens (including phenoxy) is 3. The molecule has 1 aromatic rings. The fourth-order valence-electron chi connectivity index (χ4n) is 1.64. The second kappa shape index (κ2) is 8.80. The molecule has 0 aliphatic heterocycles. The van der Waals surface area contributed by atoms with Crippen LogP contribution in [0.4, 0.5) is 0 Å². The van der Waals surface area contributed by atoms with Gasteiger partial charge in [0, 0.05) is 25.8 Å². The van der Waals surface area contributed by atoms with Crippen molar-refractivity contribution in [2.24, 2.45) is 0 Å². The molecule has 0 aromatic heterocycles. The fraction of sp³-hybridized carbons (Fsp3) is 0.429. The van der Waals surface area contributed by atoms with E-state index < -0.39 is 0 Å². The van der Waals surface area contributed by atoms with Crippen LogP contribution in [0.25, 0.3) is 0 Å². The van der Waals surface area contributed by atoms with E-state index in [0.29, 0.717) is 30.2 Å². The van der Waals surface area contributed by atoms with Crippen LogP contribution in [0.15, 0.2) is 18.2 Å². The monoisotopic (exact) mass is 296 g/mol. The molecule has 0 heterocycles. The van der Waals surface area contributed by atoms with E-state index in [1.807, 2.05) is 0 Å². The van der Waals surface area contributed by atoms with Crippen molar-refractivity contribution in [2.75, 3.05) is 41.0 Å². The summed E-state index contributed by atoms with van der Waals surface area (Å²) in [6.45, 7) is 0.660. The van der Waals surface area contributed by atoms with Gasteiger partial charge in [0.05, 0.1) is 14.2 Å². The Balaban J connectivity index is 2.47. The number of nitrogens with one attached hydrogen (secondary N) is 2. The molecule has 0 bridgehead atoms. The van der Waals surface area contributed by atoms with Gasteiger partial charge in [0.1, 0.15) is 6.61 Å². The highest BCUT2D eigenvalue weighted by molar-refractivity contribution is 5.94. The molecule has 0 radical (unpaired) electrons. The van der Waals surface area contributed by atoms with Gasteiger partial charge in [0.25, 0.3) is 5.91 Å². The number of methoxy groups -OCH3 is 3. The van der Waals surface area contributed by atoms with E-state index in [2.05, 4.69) is 15.4 Å². The summed E-state index contributed by atoms with van der Waals surface area (Å²) in [7, 11) is 4.48. The molecule has 0 unspecified atom stereocenters. The Morgan fingerprint density at radius 1 is 1.00 bits per heavy atom. The summed E-state index contributed by atoms with van der Waals surface area (Å²) >= 11 is 0. The van der Waals surface area contributed by atoms with Crippen molar-refractivity contribution >= 4 is 11.8 Å². The first-order valence-corrected chi connectivity index (χ1v) is 6.38. The quantitative estimate of drug-likeness (QED) is 0.669. The summed E-state index contributed by atoms with van der Waals surface area (Å²) in [5, 5.41) is 5.30. The molecular formula is C14H20N2O5. The number of hydrogen-bond acceptors (Lipinski definition) is 5. The molecule has 2 N–H and O–H groups in total. The van der Waals surface area contributed by atoms with Gasteiger partial charge in [-0.15, -0.1) is 0 Å². The Kier molecular flexibility index (Phi) is 7.03. The van der Waals surface area contributed by atoms with E-state index in [1.54, 1.807) is 18.2 Å². The molecular weight excluding hydrogens is 276 g/mol. The summed E-state index contributed by atoms with van der Waals surface area (Å²) in [5.41, 5.74) is 0.455. The van der Waals surface area contributed by atoms with Crippen molar-refractivity contribution in [1.29, 1.82) is 0 Å². The largest absolute Gasteiger partial charge is 0.493 e. The Morgan fingerprint density at radius 2 is 1.67 bits per heavy atom. The minimum absolute atomic E-state index is 0.00360. The van der Waals surface area contributed by atoms with Crippen molar-refractivity contribution < 1.29 is 23.8 Å². The zero-order valence-electron chi connectivity index (χ0n) is 12.4. The summed E-state index contributed by atoms with van der Waals surface area (Å²) in [4.78, 5) is 23.1. The van der Waals surface area contributed by atoms with E-state index >= 15 is 0 Å². The van der Waals surface area contributed by atoms with Crippen molar-refractivity contribution in [3.05, 3.63) is 23.8 Å². The first kappa shape index (κ1) is 16.8. The fourth-order valence-corrected chi connectivity index (χ4v) is 1.64. The topological polar surface area (TPSA) is 85.9 Å². The molecule has 7 nitrogen and oxygen atoms in total. The van der Waals surface area contributed by atoms with Crippen molar-refractivity contribution in [2.45, 2.75) is 0 Å². The van der Waals surface area contributed by atoms with Crippen LogP contribution in [0.2, 0.25) is 0 Å². The third kappa shape index (κ3) is 5.31. The predicted molar refractivity (Wildman–Crippen MR) is 76.8 cm³/mol. The number of carbonyl (C=O) groups excluding carboxylic acids is 2. The molecule has 116 valence electrons. The first-order chi connectivity index (χ1) is 10.1. The number of amides is 2. The molecule has 1 rings (SSSR count). The van der Waals surface area contributed by atoms with Gasteiger partial charge in [-0.1, -0.05) is 0 Å². The van der Waals surface area contributed by atoms with Gasteiger partial charge >= 0.3 is 0 Å². The maximum absolute atomic E-state index is 11.9. The number of rotatable bonds is 8. The Bertz CT molecular complexity index is 490. The van der Waals surface area contributed by atoms with Gasteiger partial charge in [-0.2, -0.15) is 0 Å². The van der Waals surface area contributed by atoms with Gasteiger partial charge in [-0.25, -0.2) is 0 Å². The minimum atomic E-state index is -0.253. The lowest BCUT2D eigenvalue weighted by molar-refractivity contribution is -0.124. The summed E-state index contributed by atoms with van der Waals surface area (Å²) in [5.74, 6) is 0.564. The molecule has 0 saturated heterocycles. The SMILES string of the molecule is COCC(=O)NCCNC(=O)c1ccc(OC)c(OC)c1. The highest BCUT2D eigenvalue weighted by atomic mass is 16.5. The molecule has 2 amide bonds. The van der Waals surface area contributed by atoms with Crippen LogP contribution in [0.3, 0.4) is 0 Å². The van der Waals surface area contributed by atoms with Gasteiger partial charge in [0.2, 0.25) is 5.91 Å². The zero-order chi connectivity index (χ0) is 15.7. The smallest absolute Gasteiger partial charge is 0.251 e. The lowest BCUT2D eigenvalue weighted by atomic mass is 10.2. The van der Waals surface area contributed by atoms with Crippen molar-refractivity contribution in [3.63, 3.8) is 0 Å². The highest BCUT2D eigenvalue weighted by Gasteiger charge is 2.10. The molecule has 0 atom stereocenters. The minimum Gasteiger partial charge on any atom is -0.493 e. The van der Waals surface area contributed by atoms with E-state index in [4.69, 9.17) is 9.47 Å². The van der Waals surface area contributed by atoms with Crippen molar-refractivity contribution in [3.8, 4) is 11.5 Å².